The van der Waals surface area contributed by atoms with Crippen LogP contribution in [0.25, 0.3) is 0 Å². The molecule has 0 spiro atoms. The molecule has 6 heteroatoms. The monoisotopic (exact) mass is 256 g/mol. The molecule has 0 amide bonds. The van der Waals surface area contributed by atoms with Crippen LogP contribution >= 0.6 is 0 Å². The number of rotatable bonds is 9. The summed E-state index contributed by atoms with van der Waals surface area (Å²) in [6, 6.07) is 0. The van der Waals surface area contributed by atoms with Gasteiger partial charge in [0.1, 0.15) is 0 Å². The molecule has 0 aliphatic heterocycles. The summed E-state index contributed by atoms with van der Waals surface area (Å²) in [4.78, 5) is 10.7. The average molecular weight is 256 g/mol. The first-order valence-electron chi connectivity index (χ1n) is 5.17. The van der Waals surface area contributed by atoms with Gasteiger partial charge in [-0.25, -0.2) is 0 Å². The van der Waals surface area contributed by atoms with E-state index in [1.54, 1.807) is 0 Å². The van der Waals surface area contributed by atoms with E-state index in [4.69, 9.17) is 9.96 Å². The Bertz CT molecular complexity index is 177. The minimum atomic E-state index is -4.10. The maximum absolute atomic E-state index is 10.7. The molecule has 90 valence electrons. The van der Waals surface area contributed by atoms with Gasteiger partial charge in [0.15, 0.2) is 0 Å². The molecule has 0 aromatic carbocycles. The van der Waals surface area contributed by atoms with Gasteiger partial charge in [-0.1, -0.05) is 0 Å². The number of Topliss-reactive ketones (excluding diaryl/α,β-unsaturated/α-hetero) is 1. The van der Waals surface area contributed by atoms with E-state index in [1.807, 2.05) is 13.8 Å². The summed E-state index contributed by atoms with van der Waals surface area (Å²) in [5, 5.41) is 0. The Labute approximate surface area is 96.0 Å². The normalized spacial score (nSPS) is 11.7. The van der Waals surface area contributed by atoms with E-state index in [2.05, 4.69) is 0 Å². The first-order chi connectivity index (χ1) is 7.04. The number of carbonyl (C=O) groups is 1. The third kappa shape index (κ3) is 8.08. The average Bonchev–Trinajstić information content (AvgIpc) is 2.21. The Morgan fingerprint density at radius 3 is 1.93 bits per heavy atom. The van der Waals surface area contributed by atoms with Crippen LogP contribution in [0.5, 0.6) is 0 Å². The van der Waals surface area contributed by atoms with Gasteiger partial charge in [0.25, 0.3) is 0 Å². The minimum absolute atomic E-state index is 0.149. The molecule has 0 aliphatic rings. The van der Waals surface area contributed by atoms with Crippen LogP contribution in [0.3, 0.4) is 0 Å². The van der Waals surface area contributed by atoms with Gasteiger partial charge in [-0.2, -0.15) is 0 Å². The Hall–Kier alpha value is 0.224. The van der Waals surface area contributed by atoms with Crippen molar-refractivity contribution in [2.75, 3.05) is 19.8 Å². The van der Waals surface area contributed by atoms with Crippen molar-refractivity contribution in [2.45, 2.75) is 33.6 Å². The molecule has 0 fully saturated rings. The molecule has 0 aliphatic carbocycles. The summed E-state index contributed by atoms with van der Waals surface area (Å²) in [6.07, 6.45) is 1.54. The summed E-state index contributed by atoms with van der Waals surface area (Å²) < 4.78 is 25.3. The van der Waals surface area contributed by atoms with Crippen LogP contribution < -0.4 is 0 Å². The van der Waals surface area contributed by atoms with Crippen LogP contribution in [0.4, 0.5) is 0 Å². The Balaban J connectivity index is 4.06. The molecule has 0 aromatic heterocycles. The predicted octanol–water partition coefficient (Wildman–Crippen LogP) is 1.25. The molecule has 5 nitrogen and oxygen atoms in total. The molecule has 0 bridgehead atoms. The van der Waals surface area contributed by atoms with Crippen LogP contribution in [0.15, 0.2) is 0 Å². The number of hydrogen-bond donors (Lipinski definition) is 1. The van der Waals surface area contributed by atoms with Crippen molar-refractivity contribution < 1.29 is 36.6 Å². The van der Waals surface area contributed by atoms with Crippen LogP contribution in [-0.4, -0.2) is 29.3 Å². The molecule has 0 radical (unpaired) electrons. The zero-order valence-corrected chi connectivity index (χ0v) is 11.2. The fraction of sp³-hybridized carbons (Fsp3) is 0.889. The van der Waals surface area contributed by atoms with Gasteiger partial charge in [-0.3, -0.25) is 0 Å². The second kappa shape index (κ2) is 8.38. The zero-order valence-electron chi connectivity index (χ0n) is 9.62. The first-order valence-corrected chi connectivity index (χ1v) is 7.78. The molecule has 0 rings (SSSR count). The van der Waals surface area contributed by atoms with Gasteiger partial charge in [0.05, 0.1) is 0 Å². The summed E-state index contributed by atoms with van der Waals surface area (Å²) in [5.41, 5.74) is 0. The van der Waals surface area contributed by atoms with Crippen molar-refractivity contribution in [2.24, 2.45) is 0 Å². The van der Waals surface area contributed by atoms with Crippen molar-refractivity contribution in [1.29, 1.82) is 0 Å². The molecule has 0 saturated carbocycles. The molecular weight excluding hydrogens is 236 g/mol. The SMILES string of the molecule is CCC[O][Ti]([OH])([O]CCC)[O]CC(C)=O. The van der Waals surface area contributed by atoms with E-state index in [1.165, 1.54) is 6.92 Å². The number of hydrogen-bond acceptors (Lipinski definition) is 5. The fourth-order valence-corrected chi connectivity index (χ4v) is 3.22. The van der Waals surface area contributed by atoms with E-state index in [-0.39, 0.29) is 12.4 Å². The Morgan fingerprint density at radius 1 is 1.13 bits per heavy atom. The molecule has 15 heavy (non-hydrogen) atoms. The van der Waals surface area contributed by atoms with Crippen LogP contribution in [0.2, 0.25) is 0 Å². The number of ketones is 1. The molecule has 0 unspecified atom stereocenters. The van der Waals surface area contributed by atoms with E-state index in [9.17, 15) is 8.48 Å². The van der Waals surface area contributed by atoms with Gasteiger partial charge < -0.3 is 0 Å². The zero-order chi connectivity index (χ0) is 11.7. The van der Waals surface area contributed by atoms with E-state index in [0.717, 1.165) is 12.8 Å². The second-order valence-corrected chi connectivity index (χ2v) is 6.20. The first kappa shape index (κ1) is 15.2. The summed E-state index contributed by atoms with van der Waals surface area (Å²) >= 11 is -4.10. The number of carbonyl (C=O) groups excluding carboxylic acids is 1. The predicted molar refractivity (Wildman–Crippen MR) is 51.3 cm³/mol. The molecule has 0 aromatic rings. The van der Waals surface area contributed by atoms with Gasteiger partial charge in [0.2, 0.25) is 0 Å². The van der Waals surface area contributed by atoms with Gasteiger partial charge in [-0.15, -0.1) is 0 Å². The van der Waals surface area contributed by atoms with Crippen molar-refractivity contribution in [3.05, 3.63) is 0 Å². The van der Waals surface area contributed by atoms with Gasteiger partial charge in [-0.05, 0) is 0 Å². The van der Waals surface area contributed by atoms with Crippen molar-refractivity contribution >= 4 is 5.78 Å². The summed E-state index contributed by atoms with van der Waals surface area (Å²) in [5.74, 6) is -0.153. The Kier molecular flexibility index (Phi) is 8.51. The molecular formula is C9H20O5Ti. The summed E-state index contributed by atoms with van der Waals surface area (Å²) in [7, 11) is 0. The summed E-state index contributed by atoms with van der Waals surface area (Å²) in [6.45, 7) is 5.86. The topological polar surface area (TPSA) is 65.0 Å². The molecule has 0 heterocycles. The van der Waals surface area contributed by atoms with E-state index in [0.29, 0.717) is 13.2 Å². The van der Waals surface area contributed by atoms with E-state index >= 15 is 0 Å². The third-order valence-corrected chi connectivity index (χ3v) is 4.01. The van der Waals surface area contributed by atoms with Crippen molar-refractivity contribution in [1.82, 2.24) is 0 Å². The standard InChI is InChI=1S/C3H5O2.2C3H7O.H2O.Ti/c1-3(5)2-4;2*1-2-3-4;;/h2H2,1H3;2*2-3H2,1H3;1H2;/q3*-1;;+4/p-1. The molecule has 0 saturated heterocycles. The van der Waals surface area contributed by atoms with Crippen LogP contribution in [0.1, 0.15) is 33.6 Å². The molecule has 0 atom stereocenters. The quantitative estimate of drug-likeness (QED) is 0.629. The van der Waals surface area contributed by atoms with Crippen molar-refractivity contribution in [3.63, 3.8) is 0 Å². The Morgan fingerprint density at radius 2 is 1.60 bits per heavy atom. The maximum atomic E-state index is 10.7. The van der Waals surface area contributed by atoms with Gasteiger partial charge >= 0.3 is 95.8 Å². The van der Waals surface area contributed by atoms with Crippen LogP contribution in [-0.2, 0) is 32.9 Å². The van der Waals surface area contributed by atoms with Gasteiger partial charge in [0, 0.05) is 0 Å². The molecule has 1 N–H and O–H groups in total. The van der Waals surface area contributed by atoms with Crippen LogP contribution in [0, 0.1) is 0 Å². The fourth-order valence-electron chi connectivity index (χ4n) is 0.780. The van der Waals surface area contributed by atoms with E-state index < -0.39 is 18.1 Å². The van der Waals surface area contributed by atoms with Crippen molar-refractivity contribution in [3.8, 4) is 0 Å². The third-order valence-electron chi connectivity index (χ3n) is 1.44. The second-order valence-electron chi connectivity index (χ2n) is 3.21.